The fraction of sp³-hybridized carbons (Fsp3) is 0.176. The van der Waals surface area contributed by atoms with Crippen LogP contribution in [0.4, 0.5) is 0 Å². The first kappa shape index (κ1) is 15.6. The zero-order valence-electron chi connectivity index (χ0n) is 12.2. The van der Waals surface area contributed by atoms with Crippen LogP contribution in [-0.2, 0) is 16.1 Å². The number of carbonyl (C=O) groups is 2. The molecule has 0 fully saturated rings. The maximum absolute atomic E-state index is 11.9. The van der Waals surface area contributed by atoms with Gasteiger partial charge in [0.15, 0.2) is 0 Å². The molecule has 0 atom stereocenters. The quantitative estimate of drug-likeness (QED) is 0.830. The molecule has 0 radical (unpaired) electrons. The van der Waals surface area contributed by atoms with Crippen molar-refractivity contribution in [3.63, 3.8) is 0 Å². The summed E-state index contributed by atoms with van der Waals surface area (Å²) in [5, 5.41) is 2.52. The van der Waals surface area contributed by atoms with Crippen LogP contribution in [0.3, 0.4) is 0 Å². The molecule has 0 aromatic heterocycles. The molecule has 1 amide bonds. The Kier molecular flexibility index (Phi) is 5.54. The molecule has 5 heteroatoms. The van der Waals surface area contributed by atoms with Crippen molar-refractivity contribution in [2.24, 2.45) is 0 Å². The summed E-state index contributed by atoms with van der Waals surface area (Å²) in [7, 11) is 1.55. The van der Waals surface area contributed by atoms with Crippen LogP contribution in [0.5, 0.6) is 5.75 Å². The number of benzene rings is 2. The molecule has 2 aromatic rings. The van der Waals surface area contributed by atoms with E-state index < -0.39 is 5.97 Å². The van der Waals surface area contributed by atoms with E-state index >= 15 is 0 Å². The molecule has 0 bridgehead atoms. The van der Waals surface area contributed by atoms with E-state index in [4.69, 9.17) is 9.47 Å². The third kappa shape index (κ3) is 4.63. The van der Waals surface area contributed by atoms with Crippen molar-refractivity contribution in [3.05, 3.63) is 65.7 Å². The zero-order chi connectivity index (χ0) is 15.8. The summed E-state index contributed by atoms with van der Waals surface area (Å²) in [4.78, 5) is 23.5. The van der Waals surface area contributed by atoms with Crippen molar-refractivity contribution in [1.82, 2.24) is 5.32 Å². The Morgan fingerprint density at radius 3 is 2.32 bits per heavy atom. The number of ether oxygens (including phenoxy) is 2. The van der Waals surface area contributed by atoms with Gasteiger partial charge in [0, 0.05) is 5.56 Å². The second-order valence-corrected chi connectivity index (χ2v) is 4.56. The van der Waals surface area contributed by atoms with Crippen LogP contribution in [0.25, 0.3) is 0 Å². The summed E-state index contributed by atoms with van der Waals surface area (Å²) in [5.74, 6) is -0.149. The first-order valence-corrected chi connectivity index (χ1v) is 6.81. The van der Waals surface area contributed by atoms with Crippen molar-refractivity contribution in [2.45, 2.75) is 6.61 Å². The number of hydrogen-bond acceptors (Lipinski definition) is 4. The van der Waals surface area contributed by atoms with Gasteiger partial charge in [-0.3, -0.25) is 9.59 Å². The molecule has 22 heavy (non-hydrogen) atoms. The minimum Gasteiger partial charge on any atom is -0.497 e. The summed E-state index contributed by atoms with van der Waals surface area (Å²) in [5.41, 5.74) is 1.36. The average molecular weight is 299 g/mol. The van der Waals surface area contributed by atoms with Gasteiger partial charge in [0.1, 0.15) is 18.9 Å². The van der Waals surface area contributed by atoms with Gasteiger partial charge in [-0.1, -0.05) is 30.3 Å². The van der Waals surface area contributed by atoms with Crippen molar-refractivity contribution in [2.75, 3.05) is 13.7 Å². The van der Waals surface area contributed by atoms with Crippen LogP contribution < -0.4 is 10.1 Å². The highest BCUT2D eigenvalue weighted by Crippen LogP contribution is 2.11. The third-order valence-electron chi connectivity index (χ3n) is 2.99. The van der Waals surface area contributed by atoms with Crippen molar-refractivity contribution >= 4 is 11.9 Å². The number of esters is 1. The Morgan fingerprint density at radius 2 is 1.68 bits per heavy atom. The Hall–Kier alpha value is -2.82. The lowest BCUT2D eigenvalue weighted by Crippen LogP contribution is -2.30. The Morgan fingerprint density at radius 1 is 1.00 bits per heavy atom. The van der Waals surface area contributed by atoms with Crippen molar-refractivity contribution in [1.29, 1.82) is 0 Å². The van der Waals surface area contributed by atoms with Crippen LogP contribution in [0, 0.1) is 0 Å². The number of methoxy groups -OCH3 is 1. The van der Waals surface area contributed by atoms with Gasteiger partial charge in [-0.15, -0.1) is 0 Å². The molecule has 0 aliphatic rings. The summed E-state index contributed by atoms with van der Waals surface area (Å²) in [6, 6.07) is 16.0. The van der Waals surface area contributed by atoms with Crippen LogP contribution in [0.1, 0.15) is 15.9 Å². The Balaban J connectivity index is 1.76. The maximum Gasteiger partial charge on any atom is 0.325 e. The number of nitrogens with one attached hydrogen (secondary N) is 1. The number of hydrogen-bond donors (Lipinski definition) is 1. The lowest BCUT2D eigenvalue weighted by Gasteiger charge is -2.07. The molecule has 0 saturated heterocycles. The standard InChI is InChI=1S/C17H17NO4/c1-21-15-9-7-14(8-10-15)17(20)18-11-16(19)22-12-13-5-3-2-4-6-13/h2-10H,11-12H2,1H3,(H,18,20). The lowest BCUT2D eigenvalue weighted by molar-refractivity contribution is -0.143. The van der Waals surface area contributed by atoms with Gasteiger partial charge < -0.3 is 14.8 Å². The van der Waals surface area contributed by atoms with E-state index in [2.05, 4.69) is 5.32 Å². The largest absolute Gasteiger partial charge is 0.497 e. The van der Waals surface area contributed by atoms with Gasteiger partial charge in [-0.05, 0) is 29.8 Å². The van der Waals surface area contributed by atoms with Gasteiger partial charge in [0.25, 0.3) is 5.91 Å². The minimum atomic E-state index is -0.481. The number of amides is 1. The Bertz CT molecular complexity index is 623. The zero-order valence-corrected chi connectivity index (χ0v) is 12.2. The van der Waals surface area contributed by atoms with Gasteiger partial charge in [0.05, 0.1) is 7.11 Å². The van der Waals surface area contributed by atoms with Crippen LogP contribution in [0.15, 0.2) is 54.6 Å². The maximum atomic E-state index is 11.9. The fourth-order valence-electron chi connectivity index (χ4n) is 1.79. The molecule has 2 rings (SSSR count). The van der Waals surface area contributed by atoms with Crippen molar-refractivity contribution in [3.8, 4) is 5.75 Å². The van der Waals surface area contributed by atoms with Crippen molar-refractivity contribution < 1.29 is 19.1 Å². The van der Waals surface area contributed by atoms with Crippen LogP contribution in [-0.4, -0.2) is 25.5 Å². The summed E-state index contributed by atoms with van der Waals surface area (Å²) >= 11 is 0. The second kappa shape index (κ2) is 7.83. The van der Waals surface area contributed by atoms with Gasteiger partial charge >= 0.3 is 5.97 Å². The molecule has 0 aliphatic heterocycles. The summed E-state index contributed by atoms with van der Waals surface area (Å²) < 4.78 is 10.1. The molecule has 0 saturated carbocycles. The van der Waals surface area contributed by atoms with E-state index in [-0.39, 0.29) is 19.1 Å². The number of rotatable bonds is 6. The van der Waals surface area contributed by atoms with E-state index in [9.17, 15) is 9.59 Å². The molecular weight excluding hydrogens is 282 g/mol. The molecule has 0 spiro atoms. The normalized spacial score (nSPS) is 9.86. The van der Waals surface area contributed by atoms with E-state index in [1.165, 1.54) is 0 Å². The van der Waals surface area contributed by atoms with E-state index in [1.807, 2.05) is 30.3 Å². The first-order chi connectivity index (χ1) is 10.7. The van der Waals surface area contributed by atoms with Gasteiger partial charge in [-0.25, -0.2) is 0 Å². The van der Waals surface area contributed by atoms with Gasteiger partial charge in [0.2, 0.25) is 0 Å². The summed E-state index contributed by atoms with van der Waals surface area (Å²) in [6.45, 7) is 0.0236. The van der Waals surface area contributed by atoms with Gasteiger partial charge in [-0.2, -0.15) is 0 Å². The predicted molar refractivity (Wildman–Crippen MR) is 81.6 cm³/mol. The van der Waals surface area contributed by atoms with Crippen LogP contribution in [0.2, 0.25) is 0 Å². The number of carbonyl (C=O) groups excluding carboxylic acids is 2. The predicted octanol–water partition coefficient (Wildman–Crippen LogP) is 2.17. The molecule has 0 aliphatic carbocycles. The molecule has 1 N–H and O–H groups in total. The average Bonchev–Trinajstić information content (AvgIpc) is 2.58. The Labute approximate surface area is 128 Å². The SMILES string of the molecule is COc1ccc(C(=O)NCC(=O)OCc2ccccc2)cc1. The molecule has 2 aromatic carbocycles. The van der Waals surface area contributed by atoms with E-state index in [0.717, 1.165) is 5.56 Å². The third-order valence-corrected chi connectivity index (χ3v) is 2.99. The molecule has 0 heterocycles. The highest BCUT2D eigenvalue weighted by atomic mass is 16.5. The minimum absolute atomic E-state index is 0.169. The highest BCUT2D eigenvalue weighted by Gasteiger charge is 2.09. The van der Waals surface area contributed by atoms with Crippen LogP contribution >= 0.6 is 0 Å². The molecular formula is C17H17NO4. The van der Waals surface area contributed by atoms with E-state index in [0.29, 0.717) is 11.3 Å². The smallest absolute Gasteiger partial charge is 0.325 e. The molecule has 0 unspecified atom stereocenters. The van der Waals surface area contributed by atoms with E-state index in [1.54, 1.807) is 31.4 Å². The fourth-order valence-corrected chi connectivity index (χ4v) is 1.79. The second-order valence-electron chi connectivity index (χ2n) is 4.56. The molecule has 5 nitrogen and oxygen atoms in total. The highest BCUT2D eigenvalue weighted by molar-refractivity contribution is 5.96. The topological polar surface area (TPSA) is 64.6 Å². The summed E-state index contributed by atoms with van der Waals surface area (Å²) in [6.07, 6.45) is 0. The first-order valence-electron chi connectivity index (χ1n) is 6.81. The molecule has 114 valence electrons. The monoisotopic (exact) mass is 299 g/mol. The lowest BCUT2D eigenvalue weighted by atomic mass is 10.2.